The Bertz CT molecular complexity index is 796. The van der Waals surface area contributed by atoms with Crippen LogP contribution in [0.5, 0.6) is 0 Å². The molecule has 4 nitrogen and oxygen atoms in total. The lowest BCUT2D eigenvalue weighted by Gasteiger charge is -2.15. The number of esters is 1. The number of rotatable bonds is 8. The summed E-state index contributed by atoms with van der Waals surface area (Å²) in [5, 5.41) is 2.75. The number of carbonyl (C=O) groups excluding carboxylic acids is 2. The molecule has 0 fully saturated rings. The average Bonchev–Trinajstić information content (AvgIpc) is 2.67. The van der Waals surface area contributed by atoms with Gasteiger partial charge in [0.2, 0.25) is 0 Å². The smallest absolute Gasteiger partial charge is 0.316 e. The fourth-order valence-corrected chi connectivity index (χ4v) is 3.08. The van der Waals surface area contributed by atoms with Gasteiger partial charge in [-0.2, -0.15) is 0 Å². The zero-order valence-corrected chi connectivity index (χ0v) is 15.9. The van der Waals surface area contributed by atoms with Crippen molar-refractivity contribution in [2.24, 2.45) is 0 Å². The summed E-state index contributed by atoms with van der Waals surface area (Å²) in [5.74, 6) is -2.54. The number of aryl methyl sites for hydroxylation is 1. The molecule has 0 aliphatic heterocycles. The van der Waals surface area contributed by atoms with Crippen LogP contribution in [-0.4, -0.2) is 24.2 Å². The van der Waals surface area contributed by atoms with Crippen molar-refractivity contribution in [2.75, 3.05) is 12.4 Å². The van der Waals surface area contributed by atoms with E-state index in [9.17, 15) is 18.4 Å². The van der Waals surface area contributed by atoms with E-state index < -0.39 is 30.1 Å². The van der Waals surface area contributed by atoms with Crippen LogP contribution in [0.2, 0.25) is 0 Å². The fraction of sp³-hybridized carbons (Fsp3) is 0.300. The van der Waals surface area contributed by atoms with Gasteiger partial charge in [0.05, 0.1) is 11.8 Å². The molecule has 0 radical (unpaired) electrons. The lowest BCUT2D eigenvalue weighted by Crippen LogP contribution is -2.31. The Labute approximate surface area is 161 Å². The molecule has 0 bridgehead atoms. The molecule has 1 N–H and O–H groups in total. The Hall–Kier alpha value is -2.41. The van der Waals surface area contributed by atoms with Crippen molar-refractivity contribution in [2.45, 2.75) is 31.2 Å². The number of nitrogens with one attached hydrogen (secondary N) is 1. The summed E-state index contributed by atoms with van der Waals surface area (Å²) in [6, 6.07) is 10.7. The van der Waals surface area contributed by atoms with Crippen molar-refractivity contribution in [3.05, 3.63) is 65.2 Å². The minimum Gasteiger partial charge on any atom is -0.455 e. The first-order chi connectivity index (χ1) is 12.9. The number of carbonyl (C=O) groups is 2. The number of ether oxygens (including phenoxy) is 1. The lowest BCUT2D eigenvalue weighted by molar-refractivity contribution is -0.146. The molecule has 1 atom stereocenters. The van der Waals surface area contributed by atoms with Crippen molar-refractivity contribution in [1.29, 1.82) is 0 Å². The summed E-state index contributed by atoms with van der Waals surface area (Å²) in [7, 11) is 0. The van der Waals surface area contributed by atoms with Crippen LogP contribution in [0.15, 0.2) is 47.4 Å². The maximum absolute atomic E-state index is 13.5. The van der Waals surface area contributed by atoms with Gasteiger partial charge in [-0.05, 0) is 42.7 Å². The molecule has 0 saturated carbocycles. The number of hydrogen-bond donors (Lipinski definition) is 1. The second kappa shape index (κ2) is 10.1. The molecule has 1 amide bonds. The van der Waals surface area contributed by atoms with Gasteiger partial charge in [0.15, 0.2) is 6.61 Å². The first-order valence-corrected chi connectivity index (χ1v) is 9.49. The fourth-order valence-electron chi connectivity index (χ4n) is 2.32. The van der Waals surface area contributed by atoms with Crippen LogP contribution < -0.4 is 5.32 Å². The largest absolute Gasteiger partial charge is 0.455 e. The first kappa shape index (κ1) is 20.9. The third kappa shape index (κ3) is 6.67. The number of benzene rings is 2. The zero-order valence-electron chi connectivity index (χ0n) is 15.1. The number of hydrogen-bond acceptors (Lipinski definition) is 4. The van der Waals surface area contributed by atoms with E-state index in [0.29, 0.717) is 0 Å². The molecule has 7 heteroatoms. The zero-order chi connectivity index (χ0) is 19.8. The summed E-state index contributed by atoms with van der Waals surface area (Å²) in [5.41, 5.74) is 2.16. The van der Waals surface area contributed by atoms with Gasteiger partial charge >= 0.3 is 5.97 Å². The number of amides is 1. The minimum absolute atomic E-state index is 0.0144. The molecule has 2 aromatic rings. The molecule has 2 rings (SSSR count). The SMILES string of the molecule is CCc1ccc([C@@H](C)NC(=O)COC(=O)CSc2cc(F)ccc2F)cc1. The lowest BCUT2D eigenvalue weighted by atomic mass is 10.1. The van der Waals surface area contributed by atoms with E-state index in [1.54, 1.807) is 0 Å². The Morgan fingerprint density at radius 3 is 2.52 bits per heavy atom. The van der Waals surface area contributed by atoms with Crippen molar-refractivity contribution in [3.63, 3.8) is 0 Å². The topological polar surface area (TPSA) is 55.4 Å². The highest BCUT2D eigenvalue weighted by Crippen LogP contribution is 2.22. The van der Waals surface area contributed by atoms with Gasteiger partial charge in [0.25, 0.3) is 5.91 Å². The van der Waals surface area contributed by atoms with Gasteiger partial charge < -0.3 is 10.1 Å². The number of thioether (sulfide) groups is 1. The molecule has 0 aliphatic carbocycles. The molecule has 0 spiro atoms. The van der Waals surface area contributed by atoms with Gasteiger partial charge in [0, 0.05) is 4.90 Å². The summed E-state index contributed by atoms with van der Waals surface area (Å²) in [6.45, 7) is 3.47. The van der Waals surface area contributed by atoms with E-state index in [2.05, 4.69) is 12.2 Å². The Morgan fingerprint density at radius 2 is 1.85 bits per heavy atom. The van der Waals surface area contributed by atoms with E-state index in [1.165, 1.54) is 5.56 Å². The molecule has 2 aromatic carbocycles. The molecule has 27 heavy (non-hydrogen) atoms. The maximum Gasteiger partial charge on any atom is 0.316 e. The van der Waals surface area contributed by atoms with Crippen LogP contribution in [0.4, 0.5) is 8.78 Å². The molecular weight excluding hydrogens is 372 g/mol. The van der Waals surface area contributed by atoms with Crippen molar-refractivity contribution >= 4 is 23.6 Å². The van der Waals surface area contributed by atoms with Crippen LogP contribution >= 0.6 is 11.8 Å². The standard InChI is InChI=1S/C20H21F2NO3S/c1-3-14-4-6-15(7-5-14)13(2)23-19(24)11-26-20(25)12-27-18-10-16(21)8-9-17(18)22/h4-10,13H,3,11-12H2,1-2H3,(H,23,24)/t13-/m1/s1. The molecule has 0 aliphatic rings. The normalized spacial score (nSPS) is 11.7. The minimum atomic E-state index is -0.682. The van der Waals surface area contributed by atoms with Gasteiger partial charge in [0.1, 0.15) is 11.6 Å². The van der Waals surface area contributed by atoms with Crippen LogP contribution in [0.1, 0.15) is 31.0 Å². The highest BCUT2D eigenvalue weighted by Gasteiger charge is 2.13. The molecule has 0 saturated heterocycles. The van der Waals surface area contributed by atoms with Gasteiger partial charge in [-0.3, -0.25) is 9.59 Å². The Morgan fingerprint density at radius 1 is 1.15 bits per heavy atom. The van der Waals surface area contributed by atoms with Gasteiger partial charge in [-0.1, -0.05) is 31.2 Å². The highest BCUT2D eigenvalue weighted by atomic mass is 32.2. The van der Waals surface area contributed by atoms with E-state index in [-0.39, 0.29) is 16.7 Å². The van der Waals surface area contributed by atoms with Gasteiger partial charge in [-0.15, -0.1) is 11.8 Å². The first-order valence-electron chi connectivity index (χ1n) is 8.50. The molecular formula is C20H21F2NO3S. The summed E-state index contributed by atoms with van der Waals surface area (Å²) in [6.07, 6.45) is 0.939. The highest BCUT2D eigenvalue weighted by molar-refractivity contribution is 8.00. The van der Waals surface area contributed by atoms with Gasteiger partial charge in [-0.25, -0.2) is 8.78 Å². The second-order valence-corrected chi connectivity index (χ2v) is 6.93. The molecule has 0 unspecified atom stereocenters. The van der Waals surface area contributed by atoms with E-state index in [4.69, 9.17) is 4.74 Å². The Kier molecular flexibility index (Phi) is 7.79. The Balaban J connectivity index is 1.75. The summed E-state index contributed by atoms with van der Waals surface area (Å²) in [4.78, 5) is 23.6. The molecule has 0 aromatic heterocycles. The van der Waals surface area contributed by atoms with E-state index in [0.717, 1.165) is 41.9 Å². The predicted octanol–water partition coefficient (Wildman–Crippen LogP) is 4.04. The monoisotopic (exact) mass is 393 g/mol. The molecule has 144 valence electrons. The van der Waals surface area contributed by atoms with Crippen LogP contribution in [-0.2, 0) is 20.7 Å². The quantitative estimate of drug-likeness (QED) is 0.543. The average molecular weight is 393 g/mol. The van der Waals surface area contributed by atoms with E-state index >= 15 is 0 Å². The van der Waals surface area contributed by atoms with Crippen molar-refractivity contribution in [3.8, 4) is 0 Å². The maximum atomic E-state index is 13.5. The van der Waals surface area contributed by atoms with Crippen molar-refractivity contribution < 1.29 is 23.1 Å². The predicted molar refractivity (Wildman–Crippen MR) is 100 cm³/mol. The second-order valence-electron chi connectivity index (χ2n) is 5.91. The van der Waals surface area contributed by atoms with Crippen molar-refractivity contribution in [1.82, 2.24) is 5.32 Å². The summed E-state index contributed by atoms with van der Waals surface area (Å²) >= 11 is 0.814. The number of halogens is 2. The molecule has 0 heterocycles. The van der Waals surface area contributed by atoms with Crippen LogP contribution in [0.3, 0.4) is 0 Å². The van der Waals surface area contributed by atoms with Crippen LogP contribution in [0.25, 0.3) is 0 Å². The summed E-state index contributed by atoms with van der Waals surface area (Å²) < 4.78 is 31.4. The van der Waals surface area contributed by atoms with E-state index in [1.807, 2.05) is 31.2 Å². The van der Waals surface area contributed by atoms with Crippen LogP contribution in [0, 0.1) is 11.6 Å². The third-order valence-electron chi connectivity index (χ3n) is 3.87. The third-order valence-corrected chi connectivity index (χ3v) is 4.87.